The summed E-state index contributed by atoms with van der Waals surface area (Å²) in [6.45, 7) is -1.54. The summed E-state index contributed by atoms with van der Waals surface area (Å²) in [5.41, 5.74) is 3.71. The second-order valence-corrected chi connectivity index (χ2v) is 10.9. The third-order valence-electron chi connectivity index (χ3n) is 8.71. The van der Waals surface area contributed by atoms with Crippen molar-refractivity contribution in [2.45, 2.75) is 31.8 Å². The molecule has 4 heterocycles. The van der Waals surface area contributed by atoms with Crippen molar-refractivity contribution in [1.29, 1.82) is 0 Å². The third kappa shape index (κ3) is 4.30. The van der Waals surface area contributed by atoms with Crippen LogP contribution in [-0.2, 0) is 9.53 Å². The van der Waals surface area contributed by atoms with E-state index in [1.165, 1.54) is 13.2 Å². The molecular weight excluding hydrogens is 532 g/mol. The minimum absolute atomic E-state index is 0.0484. The molecule has 11 heteroatoms. The van der Waals surface area contributed by atoms with Crippen LogP contribution in [-0.4, -0.2) is 57.9 Å². The molecule has 0 spiro atoms. The quantitative estimate of drug-likeness (QED) is 0.312. The molecule has 7 rings (SSSR count). The number of halogens is 2. The van der Waals surface area contributed by atoms with Crippen LogP contribution in [0.3, 0.4) is 0 Å². The van der Waals surface area contributed by atoms with Crippen molar-refractivity contribution in [2.24, 2.45) is 17.8 Å². The number of piperidine rings is 1. The number of hydrogen-bond donors (Lipinski definition) is 0. The van der Waals surface area contributed by atoms with Gasteiger partial charge in [0.05, 0.1) is 18.7 Å². The van der Waals surface area contributed by atoms with Gasteiger partial charge in [-0.2, -0.15) is 8.78 Å². The number of pyridine rings is 1. The fourth-order valence-corrected chi connectivity index (χ4v) is 6.92. The number of nitrogens with zero attached hydrogens (tertiary/aromatic N) is 5. The molecule has 0 amide bonds. The summed E-state index contributed by atoms with van der Waals surface area (Å²) >= 11 is 0. The molecule has 1 saturated heterocycles. The Hall–Kier alpha value is -4.41. The number of Topliss-reactive ketones (excluding diaryl/α,β-unsaturated/α-hetero) is 1. The Morgan fingerprint density at radius 1 is 1.02 bits per heavy atom. The van der Waals surface area contributed by atoms with Gasteiger partial charge in [0.15, 0.2) is 5.78 Å². The zero-order chi connectivity index (χ0) is 28.2. The van der Waals surface area contributed by atoms with Crippen LogP contribution in [0.4, 0.5) is 14.7 Å². The standard InChI is InChI=1S/C30H27F2N5O4/c1-40-28(39)25-17-6-7-18(25)14-36(13-17)30-33-11-19(12-34-30)16-8-9-24-35-26-22(38)10-21(27(26)37(24)15-16)20-4-2-3-5-23(20)41-29(31)32/h2-5,8-9,11-12,15,17-18,21,25,29H,6-7,10,13-14H2,1H3. The van der Waals surface area contributed by atoms with Gasteiger partial charge in [-0.15, -0.1) is 0 Å². The Morgan fingerprint density at radius 3 is 2.46 bits per heavy atom. The molecule has 2 bridgehead atoms. The highest BCUT2D eigenvalue weighted by Crippen LogP contribution is 2.44. The van der Waals surface area contributed by atoms with Gasteiger partial charge in [-0.1, -0.05) is 18.2 Å². The molecule has 0 radical (unpaired) electrons. The lowest BCUT2D eigenvalue weighted by molar-refractivity contribution is -0.148. The number of anilines is 1. The minimum atomic E-state index is -2.97. The lowest BCUT2D eigenvalue weighted by Crippen LogP contribution is -2.45. The number of hydrogen-bond acceptors (Lipinski definition) is 8. The number of ether oxygens (including phenoxy) is 2. The number of para-hydroxylation sites is 1. The van der Waals surface area contributed by atoms with E-state index in [9.17, 15) is 18.4 Å². The van der Waals surface area contributed by atoms with Gasteiger partial charge in [0.25, 0.3) is 0 Å². The van der Waals surface area contributed by atoms with E-state index < -0.39 is 12.5 Å². The summed E-state index contributed by atoms with van der Waals surface area (Å²) in [7, 11) is 1.45. The van der Waals surface area contributed by atoms with Crippen LogP contribution in [0.2, 0.25) is 0 Å². The molecule has 3 atom stereocenters. The minimum Gasteiger partial charge on any atom is -0.469 e. The zero-order valence-electron chi connectivity index (χ0n) is 22.2. The smallest absolute Gasteiger partial charge is 0.387 e. The highest BCUT2D eigenvalue weighted by molar-refractivity contribution is 6.00. The summed E-state index contributed by atoms with van der Waals surface area (Å²) in [6.07, 6.45) is 7.53. The van der Waals surface area contributed by atoms with Gasteiger partial charge >= 0.3 is 12.6 Å². The first kappa shape index (κ1) is 25.6. The first-order chi connectivity index (χ1) is 19.9. The molecule has 3 aliphatic rings. The van der Waals surface area contributed by atoms with E-state index in [-0.39, 0.29) is 41.7 Å². The Labute approximate surface area is 234 Å². The van der Waals surface area contributed by atoms with Crippen molar-refractivity contribution < 1.29 is 27.8 Å². The predicted molar refractivity (Wildman–Crippen MR) is 144 cm³/mol. The maximum Gasteiger partial charge on any atom is 0.387 e. The van der Waals surface area contributed by atoms with Crippen LogP contribution in [0.15, 0.2) is 55.0 Å². The number of esters is 1. The number of aromatic nitrogens is 4. The topological polar surface area (TPSA) is 98.9 Å². The van der Waals surface area contributed by atoms with Crippen molar-refractivity contribution in [3.8, 4) is 16.9 Å². The summed E-state index contributed by atoms with van der Waals surface area (Å²) in [5.74, 6) is 0.364. The molecule has 1 saturated carbocycles. The molecule has 3 unspecified atom stereocenters. The number of ketones is 1. The lowest BCUT2D eigenvalue weighted by Gasteiger charge is -2.36. The molecule has 9 nitrogen and oxygen atoms in total. The van der Waals surface area contributed by atoms with Gasteiger partial charge in [-0.3, -0.25) is 9.59 Å². The normalized spacial score (nSPS) is 23.3. The molecule has 0 N–H and O–H groups in total. The zero-order valence-corrected chi connectivity index (χ0v) is 22.2. The second-order valence-electron chi connectivity index (χ2n) is 10.9. The molecule has 1 aliphatic heterocycles. The van der Waals surface area contributed by atoms with Gasteiger partial charge in [0, 0.05) is 60.7 Å². The van der Waals surface area contributed by atoms with Crippen LogP contribution < -0.4 is 9.64 Å². The van der Waals surface area contributed by atoms with Crippen molar-refractivity contribution >= 4 is 23.3 Å². The number of alkyl halides is 2. The number of methoxy groups -OCH3 is 1. The molecular formula is C30H27F2N5O4. The number of carbonyl (C=O) groups is 2. The Kier molecular flexibility index (Phi) is 6.17. The number of fused-ring (bicyclic) bond motifs is 5. The van der Waals surface area contributed by atoms with Crippen molar-refractivity contribution in [1.82, 2.24) is 19.4 Å². The summed E-state index contributed by atoms with van der Waals surface area (Å²) in [6, 6.07) is 10.3. The van der Waals surface area contributed by atoms with Gasteiger partial charge in [0.1, 0.15) is 17.1 Å². The van der Waals surface area contributed by atoms with Crippen molar-refractivity contribution in [3.63, 3.8) is 0 Å². The fourth-order valence-electron chi connectivity index (χ4n) is 6.92. The number of carbonyl (C=O) groups excluding carboxylic acids is 2. The van der Waals surface area contributed by atoms with E-state index in [0.717, 1.165) is 37.1 Å². The molecule has 2 fully saturated rings. The summed E-state index contributed by atoms with van der Waals surface area (Å²) < 4.78 is 37.9. The van der Waals surface area contributed by atoms with E-state index in [4.69, 9.17) is 9.47 Å². The molecule has 41 heavy (non-hydrogen) atoms. The Bertz CT molecular complexity index is 1640. The number of benzene rings is 1. The summed E-state index contributed by atoms with van der Waals surface area (Å²) in [4.78, 5) is 41.2. The van der Waals surface area contributed by atoms with Gasteiger partial charge in [0.2, 0.25) is 5.95 Å². The highest BCUT2D eigenvalue weighted by Gasteiger charge is 2.47. The first-order valence-corrected chi connectivity index (χ1v) is 13.7. The van der Waals surface area contributed by atoms with Crippen molar-refractivity contribution in [2.75, 3.05) is 25.1 Å². The fraction of sp³-hybridized carbons (Fsp3) is 0.367. The maximum atomic E-state index is 13.1. The molecule has 210 valence electrons. The number of rotatable bonds is 6. The van der Waals surface area contributed by atoms with Crippen LogP contribution in [0.5, 0.6) is 5.75 Å². The van der Waals surface area contributed by atoms with E-state index in [1.54, 1.807) is 30.6 Å². The second kappa shape index (κ2) is 9.90. The Balaban J connectivity index is 1.18. The summed E-state index contributed by atoms with van der Waals surface area (Å²) in [5, 5.41) is 0. The van der Waals surface area contributed by atoms with Gasteiger partial charge < -0.3 is 18.8 Å². The van der Waals surface area contributed by atoms with Crippen LogP contribution >= 0.6 is 0 Å². The van der Waals surface area contributed by atoms with E-state index in [1.807, 2.05) is 22.7 Å². The van der Waals surface area contributed by atoms with E-state index >= 15 is 0 Å². The van der Waals surface area contributed by atoms with Crippen LogP contribution in [0.1, 0.15) is 46.9 Å². The SMILES string of the molecule is COC(=O)C1C2CCC1CN(c1ncc(-c3ccc4nc5c(n4c3)C(c3ccccc3OC(F)F)CC5=O)cn1)C2. The largest absolute Gasteiger partial charge is 0.469 e. The highest BCUT2D eigenvalue weighted by atomic mass is 19.3. The monoisotopic (exact) mass is 559 g/mol. The van der Waals surface area contributed by atoms with Gasteiger partial charge in [-0.25, -0.2) is 15.0 Å². The average Bonchev–Trinajstić information content (AvgIpc) is 3.60. The van der Waals surface area contributed by atoms with Gasteiger partial charge in [-0.05, 0) is 42.9 Å². The lowest BCUT2D eigenvalue weighted by atomic mass is 9.85. The van der Waals surface area contributed by atoms with Crippen LogP contribution in [0.25, 0.3) is 16.8 Å². The molecule has 4 aromatic rings. The molecule has 1 aromatic carbocycles. The Morgan fingerprint density at radius 2 is 1.76 bits per heavy atom. The van der Waals surface area contributed by atoms with E-state index in [0.29, 0.717) is 28.5 Å². The molecule has 2 aliphatic carbocycles. The maximum absolute atomic E-state index is 13.1. The van der Waals surface area contributed by atoms with Crippen molar-refractivity contribution in [3.05, 3.63) is 71.9 Å². The van der Waals surface area contributed by atoms with Crippen LogP contribution in [0, 0.1) is 17.8 Å². The predicted octanol–water partition coefficient (Wildman–Crippen LogP) is 4.75. The number of imidazole rings is 1. The van der Waals surface area contributed by atoms with E-state index in [2.05, 4.69) is 19.9 Å². The third-order valence-corrected chi connectivity index (χ3v) is 8.71. The average molecular weight is 560 g/mol. The first-order valence-electron chi connectivity index (χ1n) is 13.7. The molecule has 3 aromatic heterocycles.